The van der Waals surface area contributed by atoms with E-state index in [0.29, 0.717) is 13.0 Å². The lowest BCUT2D eigenvalue weighted by Crippen LogP contribution is -2.48. The van der Waals surface area contributed by atoms with Gasteiger partial charge < -0.3 is 5.73 Å². The van der Waals surface area contributed by atoms with Gasteiger partial charge in [0.05, 0.1) is 15.7 Å². The van der Waals surface area contributed by atoms with Gasteiger partial charge in [0.15, 0.2) is 0 Å². The van der Waals surface area contributed by atoms with Gasteiger partial charge in [0.2, 0.25) is 0 Å². The Balaban J connectivity index is 2.20. The van der Waals surface area contributed by atoms with Gasteiger partial charge >= 0.3 is 6.18 Å². The molecule has 1 aliphatic heterocycles. The fraction of sp³-hybridized carbons (Fsp3) is 0.714. The summed E-state index contributed by atoms with van der Waals surface area (Å²) in [7, 11) is 0. The number of nitrogens with zero attached hydrogens (tertiary/aromatic N) is 1. The van der Waals surface area contributed by atoms with E-state index in [9.17, 15) is 13.2 Å². The van der Waals surface area contributed by atoms with Gasteiger partial charge in [-0.1, -0.05) is 6.92 Å². The molecule has 2 N–H and O–H groups in total. The molecular formula is C14H20BrF3N2S. The van der Waals surface area contributed by atoms with Crippen molar-refractivity contribution >= 4 is 27.3 Å². The highest BCUT2D eigenvalue weighted by molar-refractivity contribution is 9.11. The first-order valence-corrected chi connectivity index (χ1v) is 8.75. The number of nitrogens with two attached hydrogens (primary N) is 1. The maximum Gasteiger partial charge on any atom is 0.393 e. The van der Waals surface area contributed by atoms with Crippen LogP contribution in [-0.2, 0) is 0 Å². The number of rotatable bonds is 4. The monoisotopic (exact) mass is 384 g/mol. The summed E-state index contributed by atoms with van der Waals surface area (Å²) in [4.78, 5) is 2.97. The van der Waals surface area contributed by atoms with Gasteiger partial charge in [-0.15, -0.1) is 11.3 Å². The Kier molecular flexibility index (Phi) is 5.73. The predicted octanol–water partition coefficient (Wildman–Crippen LogP) is 4.56. The van der Waals surface area contributed by atoms with E-state index in [1.807, 2.05) is 24.0 Å². The lowest BCUT2D eigenvalue weighted by molar-refractivity contribution is -0.189. The molecule has 0 saturated carbocycles. The average molecular weight is 385 g/mol. The minimum atomic E-state index is -4.12. The Hall–Kier alpha value is -0.110. The largest absolute Gasteiger partial charge is 0.393 e. The van der Waals surface area contributed by atoms with Crippen molar-refractivity contribution in [2.45, 2.75) is 44.4 Å². The molecule has 0 bridgehead atoms. The van der Waals surface area contributed by atoms with Gasteiger partial charge in [0, 0.05) is 17.5 Å². The van der Waals surface area contributed by atoms with Crippen LogP contribution in [0.5, 0.6) is 0 Å². The highest BCUT2D eigenvalue weighted by Crippen LogP contribution is 2.39. The van der Waals surface area contributed by atoms with Crippen LogP contribution in [0.1, 0.15) is 37.1 Å². The molecule has 1 aromatic heterocycles. The van der Waals surface area contributed by atoms with Gasteiger partial charge in [0.25, 0.3) is 0 Å². The first-order chi connectivity index (χ1) is 9.82. The summed E-state index contributed by atoms with van der Waals surface area (Å²) in [6.45, 7) is 2.71. The molecule has 2 nitrogen and oxygen atoms in total. The third-order valence-corrected chi connectivity index (χ3v) is 5.77. The summed E-state index contributed by atoms with van der Waals surface area (Å²) < 4.78 is 40.0. The zero-order chi connectivity index (χ0) is 15.6. The van der Waals surface area contributed by atoms with Crippen molar-refractivity contribution in [3.05, 3.63) is 20.8 Å². The molecule has 3 unspecified atom stereocenters. The molecule has 0 radical (unpaired) electrons. The minimum Gasteiger partial charge on any atom is -0.326 e. The smallest absolute Gasteiger partial charge is 0.326 e. The quantitative estimate of drug-likeness (QED) is 0.823. The molecule has 0 aromatic carbocycles. The van der Waals surface area contributed by atoms with E-state index in [-0.39, 0.29) is 25.0 Å². The Bertz CT molecular complexity index is 463. The van der Waals surface area contributed by atoms with Crippen molar-refractivity contribution in [1.29, 1.82) is 0 Å². The van der Waals surface area contributed by atoms with E-state index >= 15 is 0 Å². The summed E-state index contributed by atoms with van der Waals surface area (Å²) in [5, 5.41) is 0. The maximum atomic E-state index is 13.0. The zero-order valence-corrected chi connectivity index (χ0v) is 14.3. The van der Waals surface area contributed by atoms with Crippen LogP contribution in [0.15, 0.2) is 15.9 Å². The molecule has 2 heterocycles. The third-order valence-electron chi connectivity index (χ3n) is 4.07. The SMILES string of the molecule is CCC(N)C(c1ccc(Br)s1)N1CCCC(C(F)(F)F)C1. The molecule has 0 aliphatic carbocycles. The Morgan fingerprint density at radius 3 is 2.71 bits per heavy atom. The number of thiophene rings is 1. The zero-order valence-electron chi connectivity index (χ0n) is 11.9. The van der Waals surface area contributed by atoms with Crippen LogP contribution in [0.3, 0.4) is 0 Å². The fourth-order valence-electron chi connectivity index (χ4n) is 2.90. The normalized spacial score (nSPS) is 24.0. The highest BCUT2D eigenvalue weighted by atomic mass is 79.9. The van der Waals surface area contributed by atoms with Crippen molar-refractivity contribution in [2.75, 3.05) is 13.1 Å². The number of alkyl halides is 3. The summed E-state index contributed by atoms with van der Waals surface area (Å²) in [6.07, 6.45) is -2.57. The number of piperidine rings is 1. The lowest BCUT2D eigenvalue weighted by Gasteiger charge is -2.40. The second-order valence-electron chi connectivity index (χ2n) is 5.53. The van der Waals surface area contributed by atoms with E-state index in [1.165, 1.54) is 0 Å². The molecule has 1 fully saturated rings. The second-order valence-corrected chi connectivity index (χ2v) is 8.03. The van der Waals surface area contributed by atoms with Crippen LogP contribution >= 0.6 is 27.3 Å². The van der Waals surface area contributed by atoms with E-state index in [2.05, 4.69) is 15.9 Å². The van der Waals surface area contributed by atoms with Gasteiger partial charge in [0.1, 0.15) is 0 Å². The molecule has 1 aliphatic rings. The fourth-order valence-corrected chi connectivity index (χ4v) is 4.53. The lowest BCUT2D eigenvalue weighted by atomic mass is 9.93. The molecule has 0 spiro atoms. The van der Waals surface area contributed by atoms with Crippen molar-refractivity contribution in [3.8, 4) is 0 Å². The Labute approximate surface area is 135 Å². The first kappa shape index (κ1) is 17.2. The van der Waals surface area contributed by atoms with E-state index in [0.717, 1.165) is 15.1 Å². The van der Waals surface area contributed by atoms with Crippen molar-refractivity contribution in [2.24, 2.45) is 11.7 Å². The van der Waals surface area contributed by atoms with Crippen LogP contribution in [-0.4, -0.2) is 30.2 Å². The van der Waals surface area contributed by atoms with Crippen molar-refractivity contribution in [1.82, 2.24) is 4.90 Å². The second kappa shape index (κ2) is 6.98. The van der Waals surface area contributed by atoms with Crippen molar-refractivity contribution in [3.63, 3.8) is 0 Å². The maximum absolute atomic E-state index is 13.0. The molecule has 1 aromatic rings. The van der Waals surface area contributed by atoms with Crippen LogP contribution in [0.2, 0.25) is 0 Å². The van der Waals surface area contributed by atoms with E-state index in [1.54, 1.807) is 11.3 Å². The molecule has 7 heteroatoms. The molecule has 3 atom stereocenters. The molecular weight excluding hydrogens is 365 g/mol. The standard InChI is InChI=1S/C14H20BrF3N2S/c1-2-10(19)13(11-5-6-12(15)21-11)20-7-3-4-9(8-20)14(16,17)18/h5-6,9-10,13H,2-4,7-8,19H2,1H3. The van der Waals surface area contributed by atoms with Gasteiger partial charge in [-0.3, -0.25) is 4.90 Å². The minimum absolute atomic E-state index is 0.0530. The van der Waals surface area contributed by atoms with Crippen LogP contribution in [0.25, 0.3) is 0 Å². The van der Waals surface area contributed by atoms with Crippen LogP contribution in [0, 0.1) is 5.92 Å². The van der Waals surface area contributed by atoms with Crippen molar-refractivity contribution < 1.29 is 13.2 Å². The highest BCUT2D eigenvalue weighted by Gasteiger charge is 2.43. The molecule has 0 amide bonds. The third kappa shape index (κ3) is 4.21. The number of likely N-dealkylation sites (tertiary alicyclic amines) is 1. The summed E-state index contributed by atoms with van der Waals surface area (Å²) >= 11 is 4.97. The summed E-state index contributed by atoms with van der Waals surface area (Å²) in [5.74, 6) is -1.23. The predicted molar refractivity (Wildman–Crippen MR) is 83.4 cm³/mol. The summed E-state index contributed by atoms with van der Waals surface area (Å²) in [5.41, 5.74) is 6.21. The van der Waals surface area contributed by atoms with Gasteiger partial charge in [-0.2, -0.15) is 13.2 Å². The van der Waals surface area contributed by atoms with Gasteiger partial charge in [-0.25, -0.2) is 0 Å². The topological polar surface area (TPSA) is 29.3 Å². The van der Waals surface area contributed by atoms with Crippen LogP contribution in [0.4, 0.5) is 13.2 Å². The van der Waals surface area contributed by atoms with E-state index in [4.69, 9.17) is 5.73 Å². The molecule has 2 rings (SSSR count). The Morgan fingerprint density at radius 1 is 1.48 bits per heavy atom. The van der Waals surface area contributed by atoms with Crippen LogP contribution < -0.4 is 5.73 Å². The first-order valence-electron chi connectivity index (χ1n) is 7.14. The summed E-state index contributed by atoms with van der Waals surface area (Å²) in [6, 6.07) is 3.62. The van der Waals surface area contributed by atoms with Gasteiger partial charge in [-0.05, 0) is 53.9 Å². The molecule has 1 saturated heterocycles. The average Bonchev–Trinajstić information content (AvgIpc) is 2.84. The number of halogens is 4. The number of hydrogen-bond acceptors (Lipinski definition) is 3. The molecule has 120 valence electrons. The number of hydrogen-bond donors (Lipinski definition) is 1. The van der Waals surface area contributed by atoms with E-state index < -0.39 is 12.1 Å². The molecule has 21 heavy (non-hydrogen) atoms. The Morgan fingerprint density at radius 2 is 2.19 bits per heavy atom.